The van der Waals surface area contributed by atoms with E-state index in [0.717, 1.165) is 11.6 Å². The van der Waals surface area contributed by atoms with Crippen LogP contribution in [0.2, 0.25) is 0 Å². The zero-order chi connectivity index (χ0) is 21.5. The molecule has 0 bridgehead atoms. The molecule has 3 aromatic rings. The van der Waals surface area contributed by atoms with Gasteiger partial charge in [0.25, 0.3) is 0 Å². The van der Waals surface area contributed by atoms with Crippen LogP contribution in [0.3, 0.4) is 0 Å². The number of ether oxygens (including phenoxy) is 3. The van der Waals surface area contributed by atoms with Crippen molar-refractivity contribution in [2.45, 2.75) is 6.61 Å². The van der Waals surface area contributed by atoms with Crippen molar-refractivity contribution in [3.63, 3.8) is 0 Å². The number of ketones is 1. The highest BCUT2D eigenvalue weighted by Gasteiger charge is 2.13. The number of aromatic hydroxyl groups is 1. The molecule has 0 radical (unpaired) electrons. The fourth-order valence-electron chi connectivity index (χ4n) is 2.83. The van der Waals surface area contributed by atoms with Gasteiger partial charge in [0.1, 0.15) is 23.9 Å². The molecule has 0 aliphatic heterocycles. The quantitative estimate of drug-likeness (QED) is 0.318. The predicted molar refractivity (Wildman–Crippen MR) is 113 cm³/mol. The molecule has 0 aromatic heterocycles. The van der Waals surface area contributed by atoms with Gasteiger partial charge in [-0.05, 0) is 35.9 Å². The molecule has 0 saturated carbocycles. The largest absolute Gasteiger partial charge is 0.507 e. The molecule has 0 fully saturated rings. The fraction of sp³-hybridized carbons (Fsp3) is 0.125. The van der Waals surface area contributed by atoms with E-state index in [2.05, 4.69) is 0 Å². The summed E-state index contributed by atoms with van der Waals surface area (Å²) in [6.45, 7) is 0.341. The van der Waals surface area contributed by atoms with Crippen molar-refractivity contribution in [1.29, 1.82) is 0 Å². The standard InChI is InChI=1S/C24H22O6/c1-28-23-11-8-17(12-24(23)29-2)20(25)14-22(27)19-10-9-18(13-21(19)26)30-15-16-6-4-3-5-7-16/h3-14,25-26H,15H2,1-2H3/b20-14-. The number of carbonyl (C=O) groups excluding carboxylic acids is 1. The van der Waals surface area contributed by atoms with Crippen molar-refractivity contribution >= 4 is 11.5 Å². The van der Waals surface area contributed by atoms with Crippen LogP contribution in [0.4, 0.5) is 0 Å². The summed E-state index contributed by atoms with van der Waals surface area (Å²) in [5.74, 6) is 0.316. The van der Waals surface area contributed by atoms with Crippen molar-refractivity contribution in [2.24, 2.45) is 0 Å². The third-order valence-electron chi connectivity index (χ3n) is 4.43. The third-order valence-corrected chi connectivity index (χ3v) is 4.43. The third kappa shape index (κ3) is 4.91. The molecule has 2 N–H and O–H groups in total. The highest BCUT2D eigenvalue weighted by Crippen LogP contribution is 2.30. The van der Waals surface area contributed by atoms with Gasteiger partial charge in [0.05, 0.1) is 19.8 Å². The van der Waals surface area contributed by atoms with Crippen LogP contribution in [0.15, 0.2) is 72.8 Å². The summed E-state index contributed by atoms with van der Waals surface area (Å²) in [6.07, 6.45) is 1.04. The number of phenolic OH excluding ortho intramolecular Hbond substituents is 1. The molecule has 3 rings (SSSR count). The molecule has 6 heteroatoms. The Morgan fingerprint density at radius 1 is 0.933 bits per heavy atom. The molecule has 30 heavy (non-hydrogen) atoms. The van der Waals surface area contributed by atoms with E-state index in [1.807, 2.05) is 30.3 Å². The number of aliphatic hydroxyl groups excluding tert-OH is 1. The van der Waals surface area contributed by atoms with Crippen LogP contribution in [0.5, 0.6) is 23.0 Å². The lowest BCUT2D eigenvalue weighted by Gasteiger charge is -2.10. The van der Waals surface area contributed by atoms with Crippen molar-refractivity contribution in [1.82, 2.24) is 0 Å². The van der Waals surface area contributed by atoms with Crippen molar-refractivity contribution < 1.29 is 29.2 Å². The molecule has 0 spiro atoms. The van der Waals surface area contributed by atoms with Gasteiger partial charge in [0.2, 0.25) is 0 Å². The first-order valence-corrected chi connectivity index (χ1v) is 9.19. The van der Waals surface area contributed by atoms with E-state index >= 15 is 0 Å². The van der Waals surface area contributed by atoms with E-state index in [1.165, 1.54) is 26.4 Å². The molecule has 6 nitrogen and oxygen atoms in total. The van der Waals surface area contributed by atoms with Crippen LogP contribution in [0.25, 0.3) is 5.76 Å². The summed E-state index contributed by atoms with van der Waals surface area (Å²) in [7, 11) is 2.99. The van der Waals surface area contributed by atoms with Gasteiger partial charge in [-0.15, -0.1) is 0 Å². The van der Waals surface area contributed by atoms with Gasteiger partial charge in [0, 0.05) is 17.7 Å². The van der Waals surface area contributed by atoms with Gasteiger partial charge in [-0.1, -0.05) is 30.3 Å². The minimum Gasteiger partial charge on any atom is -0.507 e. The summed E-state index contributed by atoms with van der Waals surface area (Å²) in [6, 6.07) is 18.8. The molecule has 0 aliphatic rings. The van der Waals surface area contributed by atoms with E-state index in [4.69, 9.17) is 14.2 Å². The zero-order valence-electron chi connectivity index (χ0n) is 16.7. The first kappa shape index (κ1) is 20.8. The van der Waals surface area contributed by atoms with E-state index in [1.54, 1.807) is 24.3 Å². The molecule has 3 aromatic carbocycles. The monoisotopic (exact) mass is 406 g/mol. The van der Waals surface area contributed by atoms with Gasteiger partial charge in [-0.2, -0.15) is 0 Å². The topological polar surface area (TPSA) is 85.2 Å². The minimum atomic E-state index is -0.547. The number of benzene rings is 3. The van der Waals surface area contributed by atoms with Gasteiger partial charge < -0.3 is 24.4 Å². The molecular formula is C24H22O6. The van der Waals surface area contributed by atoms with Crippen LogP contribution in [-0.2, 0) is 6.61 Å². The Labute approximate surface area is 174 Å². The van der Waals surface area contributed by atoms with Crippen LogP contribution in [-0.4, -0.2) is 30.2 Å². The molecular weight excluding hydrogens is 384 g/mol. The number of methoxy groups -OCH3 is 2. The Kier molecular flexibility index (Phi) is 6.60. The summed E-state index contributed by atoms with van der Waals surface area (Å²) < 4.78 is 16.0. The van der Waals surface area contributed by atoms with Crippen LogP contribution >= 0.6 is 0 Å². The Morgan fingerprint density at radius 3 is 2.33 bits per heavy atom. The number of aliphatic hydroxyl groups is 1. The van der Waals surface area contributed by atoms with Gasteiger partial charge in [-0.25, -0.2) is 0 Å². The molecule has 0 saturated heterocycles. The Morgan fingerprint density at radius 2 is 1.67 bits per heavy atom. The maximum atomic E-state index is 12.5. The van der Waals surface area contributed by atoms with Crippen LogP contribution < -0.4 is 14.2 Å². The lowest BCUT2D eigenvalue weighted by molar-refractivity contribution is 0.104. The highest BCUT2D eigenvalue weighted by atomic mass is 16.5. The van der Waals surface area contributed by atoms with Crippen molar-refractivity contribution in [2.75, 3.05) is 14.2 Å². The lowest BCUT2D eigenvalue weighted by atomic mass is 10.1. The van der Waals surface area contributed by atoms with Crippen LogP contribution in [0, 0.1) is 0 Å². The number of rotatable bonds is 8. The molecule has 154 valence electrons. The lowest BCUT2D eigenvalue weighted by Crippen LogP contribution is -2.00. The molecule has 0 aliphatic carbocycles. The fourth-order valence-corrected chi connectivity index (χ4v) is 2.83. The Bertz CT molecular complexity index is 1060. The number of hydrogen-bond acceptors (Lipinski definition) is 6. The van der Waals surface area contributed by atoms with Gasteiger partial charge in [-0.3, -0.25) is 4.79 Å². The number of carbonyl (C=O) groups is 1. The van der Waals surface area contributed by atoms with E-state index in [9.17, 15) is 15.0 Å². The smallest absolute Gasteiger partial charge is 0.193 e. The van der Waals surface area contributed by atoms with E-state index < -0.39 is 5.78 Å². The van der Waals surface area contributed by atoms with Crippen LogP contribution in [0.1, 0.15) is 21.5 Å². The maximum Gasteiger partial charge on any atom is 0.193 e. The van der Waals surface area contributed by atoms with Crippen molar-refractivity contribution in [3.05, 3.63) is 89.5 Å². The zero-order valence-corrected chi connectivity index (χ0v) is 16.7. The minimum absolute atomic E-state index is 0.0501. The first-order valence-electron chi connectivity index (χ1n) is 9.19. The second kappa shape index (κ2) is 9.52. The van der Waals surface area contributed by atoms with E-state index in [0.29, 0.717) is 29.4 Å². The normalized spacial score (nSPS) is 11.1. The van der Waals surface area contributed by atoms with E-state index in [-0.39, 0.29) is 17.1 Å². The molecule has 0 atom stereocenters. The second-order valence-corrected chi connectivity index (χ2v) is 6.42. The first-order chi connectivity index (χ1) is 14.5. The summed E-state index contributed by atoms with van der Waals surface area (Å²) in [4.78, 5) is 12.5. The summed E-state index contributed by atoms with van der Waals surface area (Å²) >= 11 is 0. The maximum absolute atomic E-state index is 12.5. The Balaban J connectivity index is 1.74. The number of phenols is 1. The number of allylic oxidation sites excluding steroid dienone is 1. The molecule has 0 heterocycles. The average Bonchev–Trinajstić information content (AvgIpc) is 2.77. The average molecular weight is 406 g/mol. The van der Waals surface area contributed by atoms with Gasteiger partial charge in [0.15, 0.2) is 17.3 Å². The van der Waals surface area contributed by atoms with Crippen molar-refractivity contribution in [3.8, 4) is 23.0 Å². The second-order valence-electron chi connectivity index (χ2n) is 6.42. The highest BCUT2D eigenvalue weighted by molar-refractivity contribution is 6.09. The SMILES string of the molecule is COc1ccc(/C(O)=C/C(=O)c2ccc(OCc3ccccc3)cc2O)cc1OC. The molecule has 0 amide bonds. The van der Waals surface area contributed by atoms with Gasteiger partial charge >= 0.3 is 0 Å². The number of hydrogen-bond donors (Lipinski definition) is 2. The molecule has 0 unspecified atom stereocenters. The Hall–Kier alpha value is -3.93. The summed E-state index contributed by atoms with van der Waals surface area (Å²) in [5, 5.41) is 20.6. The summed E-state index contributed by atoms with van der Waals surface area (Å²) in [5.41, 5.74) is 1.41. The predicted octanol–water partition coefficient (Wildman–Crippen LogP) is 4.77.